The monoisotopic (exact) mass is 279 g/mol. The molecule has 0 aliphatic carbocycles. The van der Waals surface area contributed by atoms with E-state index < -0.39 is 5.82 Å². The third-order valence-electron chi connectivity index (χ3n) is 3.52. The number of halogens is 2. The zero-order chi connectivity index (χ0) is 13.2. The maximum atomic E-state index is 13.2. The van der Waals surface area contributed by atoms with Crippen molar-refractivity contribution < 1.29 is 4.39 Å². The highest BCUT2D eigenvalue weighted by Crippen LogP contribution is 2.26. The standard InChI is InChI=1S/C14H15ClFN3/c15-11-7-10(4-5-12(11)16)19-9-17-8-14(19)13-3-1-2-6-18-13/h4-5,7-9,13,18H,1-3,6H2. The Labute approximate surface area is 116 Å². The van der Waals surface area contributed by atoms with Gasteiger partial charge in [0.15, 0.2) is 0 Å². The SMILES string of the molecule is Fc1ccc(-n2cncc2C2CCCCN2)cc1Cl. The van der Waals surface area contributed by atoms with Gasteiger partial charge in [-0.2, -0.15) is 0 Å². The zero-order valence-electron chi connectivity index (χ0n) is 10.4. The topological polar surface area (TPSA) is 29.9 Å². The van der Waals surface area contributed by atoms with Gasteiger partial charge >= 0.3 is 0 Å². The second-order valence-corrected chi connectivity index (χ2v) is 5.20. The molecule has 3 nitrogen and oxygen atoms in total. The number of piperidine rings is 1. The van der Waals surface area contributed by atoms with E-state index in [1.54, 1.807) is 18.5 Å². The van der Waals surface area contributed by atoms with Crippen LogP contribution in [0.25, 0.3) is 5.69 Å². The Bertz CT molecular complexity index is 576. The minimum absolute atomic E-state index is 0.133. The summed E-state index contributed by atoms with van der Waals surface area (Å²) in [5.74, 6) is -0.400. The van der Waals surface area contributed by atoms with Crippen LogP contribution in [-0.4, -0.2) is 16.1 Å². The first-order valence-corrected chi connectivity index (χ1v) is 6.84. The molecule has 0 amide bonds. The van der Waals surface area contributed by atoms with Crippen LogP contribution in [0.3, 0.4) is 0 Å². The first-order valence-electron chi connectivity index (χ1n) is 6.47. The van der Waals surface area contributed by atoms with Gasteiger partial charge in [-0.25, -0.2) is 9.37 Å². The fraction of sp³-hybridized carbons (Fsp3) is 0.357. The van der Waals surface area contributed by atoms with Gasteiger partial charge in [-0.1, -0.05) is 18.0 Å². The van der Waals surface area contributed by atoms with Crippen LogP contribution in [0.4, 0.5) is 4.39 Å². The Morgan fingerprint density at radius 2 is 2.26 bits per heavy atom. The molecular formula is C14H15ClFN3. The molecular weight excluding hydrogens is 265 g/mol. The second-order valence-electron chi connectivity index (χ2n) is 4.79. The summed E-state index contributed by atoms with van der Waals surface area (Å²) in [5, 5.41) is 3.62. The van der Waals surface area contributed by atoms with Crippen molar-refractivity contribution >= 4 is 11.6 Å². The number of hydrogen-bond acceptors (Lipinski definition) is 2. The van der Waals surface area contributed by atoms with Crippen molar-refractivity contribution in [1.82, 2.24) is 14.9 Å². The normalized spacial score (nSPS) is 19.6. The summed E-state index contributed by atoms with van der Waals surface area (Å²) in [7, 11) is 0. The molecule has 0 spiro atoms. The molecule has 0 bridgehead atoms. The van der Waals surface area contributed by atoms with Crippen molar-refractivity contribution in [3.8, 4) is 5.69 Å². The Kier molecular flexibility index (Phi) is 3.53. The largest absolute Gasteiger partial charge is 0.309 e. The van der Waals surface area contributed by atoms with Crippen LogP contribution in [0.1, 0.15) is 31.0 Å². The predicted molar refractivity (Wildman–Crippen MR) is 73.1 cm³/mol. The van der Waals surface area contributed by atoms with Gasteiger partial charge in [0.05, 0.1) is 23.2 Å². The molecule has 1 aromatic heterocycles. The summed E-state index contributed by atoms with van der Waals surface area (Å²) in [6, 6.07) is 5.04. The Morgan fingerprint density at radius 1 is 1.37 bits per heavy atom. The highest BCUT2D eigenvalue weighted by molar-refractivity contribution is 6.30. The molecule has 1 aromatic carbocycles. The molecule has 1 saturated heterocycles. The molecule has 1 aliphatic heterocycles. The number of aromatic nitrogens is 2. The van der Waals surface area contributed by atoms with E-state index in [2.05, 4.69) is 10.3 Å². The molecule has 0 radical (unpaired) electrons. The number of imidazole rings is 1. The molecule has 19 heavy (non-hydrogen) atoms. The minimum atomic E-state index is -0.400. The molecule has 1 N–H and O–H groups in total. The zero-order valence-corrected chi connectivity index (χ0v) is 11.2. The molecule has 1 atom stereocenters. The van der Waals surface area contributed by atoms with E-state index >= 15 is 0 Å². The first kappa shape index (κ1) is 12.6. The van der Waals surface area contributed by atoms with E-state index in [1.165, 1.54) is 18.9 Å². The van der Waals surface area contributed by atoms with Crippen molar-refractivity contribution in [2.45, 2.75) is 25.3 Å². The number of benzene rings is 1. The van der Waals surface area contributed by atoms with Gasteiger partial charge in [-0.15, -0.1) is 0 Å². The molecule has 2 aromatic rings. The van der Waals surface area contributed by atoms with Crippen molar-refractivity contribution in [3.05, 3.63) is 47.3 Å². The Balaban J connectivity index is 1.96. The van der Waals surface area contributed by atoms with Crippen LogP contribution < -0.4 is 5.32 Å². The van der Waals surface area contributed by atoms with E-state index in [4.69, 9.17) is 11.6 Å². The van der Waals surface area contributed by atoms with Crippen LogP contribution in [-0.2, 0) is 0 Å². The molecule has 1 aliphatic rings. The first-order chi connectivity index (χ1) is 9.25. The van der Waals surface area contributed by atoms with Crippen molar-refractivity contribution in [3.63, 3.8) is 0 Å². The van der Waals surface area contributed by atoms with E-state index in [9.17, 15) is 4.39 Å². The van der Waals surface area contributed by atoms with Gasteiger partial charge in [0, 0.05) is 11.7 Å². The highest BCUT2D eigenvalue weighted by atomic mass is 35.5. The third-order valence-corrected chi connectivity index (χ3v) is 3.81. The van der Waals surface area contributed by atoms with Crippen molar-refractivity contribution in [2.75, 3.05) is 6.54 Å². The minimum Gasteiger partial charge on any atom is -0.309 e. The highest BCUT2D eigenvalue weighted by Gasteiger charge is 2.19. The number of rotatable bonds is 2. The average molecular weight is 280 g/mol. The molecule has 5 heteroatoms. The molecule has 100 valence electrons. The Morgan fingerprint density at radius 3 is 3.00 bits per heavy atom. The van der Waals surface area contributed by atoms with Gasteiger partial charge in [0.25, 0.3) is 0 Å². The fourth-order valence-corrected chi connectivity index (χ4v) is 2.69. The van der Waals surface area contributed by atoms with Crippen LogP contribution in [0.15, 0.2) is 30.7 Å². The van der Waals surface area contributed by atoms with E-state index in [0.29, 0.717) is 6.04 Å². The quantitative estimate of drug-likeness (QED) is 0.912. The number of hydrogen-bond donors (Lipinski definition) is 1. The van der Waals surface area contributed by atoms with Gasteiger partial charge in [0.1, 0.15) is 5.82 Å². The lowest BCUT2D eigenvalue weighted by Gasteiger charge is -2.24. The van der Waals surface area contributed by atoms with Crippen molar-refractivity contribution in [1.29, 1.82) is 0 Å². The molecule has 2 heterocycles. The van der Waals surface area contributed by atoms with Gasteiger partial charge in [0.2, 0.25) is 0 Å². The molecule has 1 fully saturated rings. The van der Waals surface area contributed by atoms with E-state index in [-0.39, 0.29) is 5.02 Å². The summed E-state index contributed by atoms with van der Waals surface area (Å²) in [4.78, 5) is 4.21. The number of nitrogens with one attached hydrogen (secondary N) is 1. The number of nitrogens with zero attached hydrogens (tertiary/aromatic N) is 2. The second kappa shape index (κ2) is 5.31. The van der Waals surface area contributed by atoms with Crippen LogP contribution >= 0.6 is 11.6 Å². The summed E-state index contributed by atoms with van der Waals surface area (Å²) in [6.45, 7) is 1.03. The summed E-state index contributed by atoms with van der Waals surface area (Å²) in [5.41, 5.74) is 1.94. The lowest BCUT2D eigenvalue weighted by molar-refractivity contribution is 0.402. The molecule has 3 rings (SSSR count). The van der Waals surface area contributed by atoms with Crippen LogP contribution in [0, 0.1) is 5.82 Å². The summed E-state index contributed by atoms with van der Waals surface area (Å²) >= 11 is 5.84. The Hall–Kier alpha value is -1.39. The average Bonchev–Trinajstić information content (AvgIpc) is 2.92. The van der Waals surface area contributed by atoms with E-state index in [0.717, 1.165) is 24.3 Å². The maximum absolute atomic E-state index is 13.2. The third kappa shape index (κ3) is 2.51. The predicted octanol–water partition coefficient (Wildman–Crippen LogP) is 3.48. The fourth-order valence-electron chi connectivity index (χ4n) is 2.52. The van der Waals surface area contributed by atoms with Crippen LogP contribution in [0.5, 0.6) is 0 Å². The van der Waals surface area contributed by atoms with Gasteiger partial charge in [-0.05, 0) is 37.6 Å². The van der Waals surface area contributed by atoms with E-state index in [1.807, 2.05) is 10.8 Å². The van der Waals surface area contributed by atoms with Gasteiger partial charge in [-0.3, -0.25) is 0 Å². The van der Waals surface area contributed by atoms with Crippen molar-refractivity contribution in [2.24, 2.45) is 0 Å². The molecule has 1 unspecified atom stereocenters. The van der Waals surface area contributed by atoms with Gasteiger partial charge < -0.3 is 9.88 Å². The smallest absolute Gasteiger partial charge is 0.141 e. The maximum Gasteiger partial charge on any atom is 0.141 e. The van der Waals surface area contributed by atoms with Crippen LogP contribution in [0.2, 0.25) is 5.02 Å². The molecule has 0 saturated carbocycles. The lowest BCUT2D eigenvalue weighted by atomic mass is 10.0. The lowest BCUT2D eigenvalue weighted by Crippen LogP contribution is -2.28. The summed E-state index contributed by atoms with van der Waals surface area (Å²) in [6.07, 6.45) is 7.14. The summed E-state index contributed by atoms with van der Waals surface area (Å²) < 4.78 is 15.2.